The largest absolute Gasteiger partial charge is 0.445 e. The molecule has 0 amide bonds. The molecule has 0 aliphatic heterocycles. The van der Waals surface area contributed by atoms with Crippen LogP contribution in [0.5, 0.6) is 0 Å². The van der Waals surface area contributed by atoms with Gasteiger partial charge in [0, 0.05) is 75.2 Å². The predicted molar refractivity (Wildman–Crippen MR) is 211 cm³/mol. The zero-order valence-corrected chi connectivity index (χ0v) is 27.9. The van der Waals surface area contributed by atoms with Crippen molar-refractivity contribution >= 4 is 108 Å². The van der Waals surface area contributed by atoms with Crippen LogP contribution in [0.3, 0.4) is 0 Å². The van der Waals surface area contributed by atoms with Crippen molar-refractivity contribution in [2.75, 3.05) is 9.80 Å². The van der Waals surface area contributed by atoms with Gasteiger partial charge in [0.05, 0.1) is 0 Å². The maximum Gasteiger partial charge on any atom is 0.190 e. The normalized spacial score (nSPS) is 11.7. The number of benzene rings is 7. The third-order valence-electron chi connectivity index (χ3n) is 9.25. The van der Waals surface area contributed by atoms with Crippen LogP contribution in [0.4, 0.5) is 34.1 Å². The standard InChI is InChI=1S/C44H28N2OS2/c1-4-12-29(13-5-1)45(30-14-6-2-7-15-30)32-21-24-39-38(27-32)43-36-23-20-34(28-42(36)49-44(43)47-39)46(31-16-8-3-9-17-31)33-22-25-41-37(26-33)35-18-10-11-19-40(35)48-41/h1-28H. The molecular weight excluding hydrogens is 637 g/mol. The van der Waals surface area contributed by atoms with Crippen molar-refractivity contribution in [3.05, 3.63) is 170 Å². The Labute approximate surface area is 291 Å². The summed E-state index contributed by atoms with van der Waals surface area (Å²) >= 11 is 3.57. The number of nitrogens with zero attached hydrogens (tertiary/aromatic N) is 2. The van der Waals surface area contributed by atoms with E-state index >= 15 is 0 Å². The topological polar surface area (TPSA) is 19.6 Å². The number of hydrogen-bond acceptors (Lipinski definition) is 5. The first-order chi connectivity index (χ1) is 24.3. The van der Waals surface area contributed by atoms with Gasteiger partial charge in [-0.05, 0) is 91.0 Å². The predicted octanol–water partition coefficient (Wildman–Crippen LogP) is 14.1. The molecule has 10 rings (SSSR count). The summed E-state index contributed by atoms with van der Waals surface area (Å²) in [6.07, 6.45) is 0. The molecule has 3 heterocycles. The fourth-order valence-electron chi connectivity index (χ4n) is 7.05. The molecule has 49 heavy (non-hydrogen) atoms. The minimum atomic E-state index is 0.902. The van der Waals surface area contributed by atoms with Crippen LogP contribution in [0.1, 0.15) is 0 Å². The summed E-state index contributed by atoms with van der Waals surface area (Å²) < 4.78 is 10.3. The molecule has 0 fully saturated rings. The molecule has 0 N–H and O–H groups in total. The second kappa shape index (κ2) is 11.4. The first-order valence-electron chi connectivity index (χ1n) is 16.3. The van der Waals surface area contributed by atoms with Gasteiger partial charge in [0.15, 0.2) is 4.90 Å². The first kappa shape index (κ1) is 28.2. The zero-order chi connectivity index (χ0) is 32.3. The molecule has 7 aromatic carbocycles. The van der Waals surface area contributed by atoms with Gasteiger partial charge in [-0.3, -0.25) is 0 Å². The highest BCUT2D eigenvalue weighted by Gasteiger charge is 2.20. The number of rotatable bonds is 6. The molecule has 0 atom stereocenters. The Bertz CT molecular complexity index is 2740. The Morgan fingerprint density at radius 2 is 0.878 bits per heavy atom. The maximum atomic E-state index is 6.52. The fourth-order valence-corrected chi connectivity index (χ4v) is 9.25. The lowest BCUT2D eigenvalue weighted by Gasteiger charge is -2.25. The van der Waals surface area contributed by atoms with Crippen molar-refractivity contribution in [2.45, 2.75) is 0 Å². The molecule has 3 aromatic heterocycles. The van der Waals surface area contributed by atoms with E-state index in [0.717, 1.165) is 50.0 Å². The Morgan fingerprint density at radius 3 is 1.57 bits per heavy atom. The molecule has 0 bridgehead atoms. The van der Waals surface area contributed by atoms with E-state index in [1.807, 2.05) is 11.3 Å². The van der Waals surface area contributed by atoms with Crippen LogP contribution >= 0.6 is 22.7 Å². The monoisotopic (exact) mass is 664 g/mol. The van der Waals surface area contributed by atoms with Gasteiger partial charge in [0.2, 0.25) is 0 Å². The molecule has 10 aromatic rings. The van der Waals surface area contributed by atoms with Gasteiger partial charge in [-0.2, -0.15) is 0 Å². The van der Waals surface area contributed by atoms with Gasteiger partial charge in [-0.25, -0.2) is 0 Å². The first-order valence-corrected chi connectivity index (χ1v) is 18.0. The molecule has 0 aliphatic rings. The lowest BCUT2D eigenvalue weighted by molar-refractivity contribution is 0.678. The third kappa shape index (κ3) is 4.70. The van der Waals surface area contributed by atoms with Gasteiger partial charge in [-0.1, -0.05) is 90.2 Å². The van der Waals surface area contributed by atoms with Crippen LogP contribution in [-0.2, 0) is 0 Å². The van der Waals surface area contributed by atoms with Crippen molar-refractivity contribution in [1.29, 1.82) is 0 Å². The van der Waals surface area contributed by atoms with Crippen molar-refractivity contribution in [3.63, 3.8) is 0 Å². The number of para-hydroxylation sites is 3. The number of hydrogen-bond donors (Lipinski definition) is 0. The highest BCUT2D eigenvalue weighted by atomic mass is 32.1. The van der Waals surface area contributed by atoms with Gasteiger partial charge in [0.25, 0.3) is 0 Å². The van der Waals surface area contributed by atoms with E-state index in [1.54, 1.807) is 11.3 Å². The van der Waals surface area contributed by atoms with Crippen molar-refractivity contribution < 1.29 is 4.42 Å². The van der Waals surface area contributed by atoms with Crippen LogP contribution in [0.25, 0.3) is 51.5 Å². The van der Waals surface area contributed by atoms with Crippen LogP contribution in [-0.4, -0.2) is 0 Å². The summed E-state index contributed by atoms with van der Waals surface area (Å²) in [5.41, 5.74) is 7.60. The van der Waals surface area contributed by atoms with Crippen molar-refractivity contribution in [3.8, 4) is 0 Å². The van der Waals surface area contributed by atoms with Crippen molar-refractivity contribution in [1.82, 2.24) is 0 Å². The van der Waals surface area contributed by atoms with Gasteiger partial charge in [-0.15, -0.1) is 11.3 Å². The highest BCUT2D eigenvalue weighted by Crippen LogP contribution is 2.46. The van der Waals surface area contributed by atoms with E-state index < -0.39 is 0 Å². The molecule has 0 unspecified atom stereocenters. The SMILES string of the molecule is c1ccc(N(c2ccc3c(c2)sc2oc4ccc(N(c5ccccc5)c5ccccc5)cc4c23)c2ccc3sc4ccccc4c3c2)cc1. The highest BCUT2D eigenvalue weighted by molar-refractivity contribution is 7.26. The summed E-state index contributed by atoms with van der Waals surface area (Å²) in [7, 11) is 0. The maximum absolute atomic E-state index is 6.52. The van der Waals surface area contributed by atoms with Crippen LogP contribution < -0.4 is 9.80 Å². The van der Waals surface area contributed by atoms with Crippen LogP contribution in [0.2, 0.25) is 0 Å². The lowest BCUT2D eigenvalue weighted by atomic mass is 10.1. The summed E-state index contributed by atoms with van der Waals surface area (Å²) in [6.45, 7) is 0. The molecule has 0 aliphatic carbocycles. The van der Waals surface area contributed by atoms with Gasteiger partial charge < -0.3 is 14.2 Å². The molecule has 0 saturated heterocycles. The summed E-state index contributed by atoms with van der Waals surface area (Å²) in [6, 6.07) is 60.6. The molecule has 0 radical (unpaired) electrons. The number of anilines is 6. The molecule has 232 valence electrons. The van der Waals surface area contributed by atoms with E-state index in [4.69, 9.17) is 4.42 Å². The second-order valence-corrected chi connectivity index (χ2v) is 14.3. The van der Waals surface area contributed by atoms with E-state index in [0.29, 0.717) is 0 Å². The Hall–Kier alpha value is -5.88. The quantitative estimate of drug-likeness (QED) is 0.176. The average Bonchev–Trinajstić information content (AvgIpc) is 3.82. The minimum Gasteiger partial charge on any atom is -0.445 e. The average molecular weight is 665 g/mol. The van der Waals surface area contributed by atoms with Crippen LogP contribution in [0.15, 0.2) is 174 Å². The van der Waals surface area contributed by atoms with Crippen molar-refractivity contribution in [2.24, 2.45) is 0 Å². The van der Waals surface area contributed by atoms with E-state index in [2.05, 4.69) is 180 Å². The van der Waals surface area contributed by atoms with E-state index in [1.165, 1.54) is 35.6 Å². The molecule has 0 saturated carbocycles. The van der Waals surface area contributed by atoms with E-state index in [9.17, 15) is 0 Å². The lowest BCUT2D eigenvalue weighted by Crippen LogP contribution is -2.09. The van der Waals surface area contributed by atoms with E-state index in [-0.39, 0.29) is 0 Å². The Kier molecular flexibility index (Phi) is 6.54. The molecule has 5 heteroatoms. The third-order valence-corrected chi connectivity index (χ3v) is 11.4. The molecular formula is C44H28N2OS2. The zero-order valence-electron chi connectivity index (χ0n) is 26.3. The fraction of sp³-hybridized carbons (Fsp3) is 0. The molecule has 3 nitrogen and oxygen atoms in total. The van der Waals surface area contributed by atoms with Gasteiger partial charge >= 0.3 is 0 Å². The summed E-state index contributed by atoms with van der Waals surface area (Å²) in [5, 5.41) is 6.09. The Morgan fingerprint density at radius 1 is 0.347 bits per heavy atom. The second-order valence-electron chi connectivity index (χ2n) is 12.2. The smallest absolute Gasteiger partial charge is 0.190 e. The Balaban J connectivity index is 1.12. The summed E-state index contributed by atoms with van der Waals surface area (Å²) in [4.78, 5) is 5.61. The summed E-state index contributed by atoms with van der Waals surface area (Å²) in [5.74, 6) is 0. The minimum absolute atomic E-state index is 0.902. The van der Waals surface area contributed by atoms with Gasteiger partial charge in [0.1, 0.15) is 5.58 Å². The number of thiophene rings is 2. The number of fused-ring (bicyclic) bond motifs is 8. The van der Waals surface area contributed by atoms with Crippen LogP contribution in [0, 0.1) is 0 Å². The number of furan rings is 1. The molecule has 0 spiro atoms.